The number of terminal acetylenes is 1. The third kappa shape index (κ3) is 5.77. The molecule has 1 fully saturated rings. The van der Waals surface area contributed by atoms with Crippen LogP contribution in [0.15, 0.2) is 30.5 Å². The molecule has 0 saturated carbocycles. The van der Waals surface area contributed by atoms with Crippen molar-refractivity contribution < 1.29 is 18.7 Å². The molecular weight excluding hydrogens is 538 g/mol. The first-order valence-corrected chi connectivity index (χ1v) is 14.2. The van der Waals surface area contributed by atoms with Gasteiger partial charge >= 0.3 is 0 Å². The van der Waals surface area contributed by atoms with Crippen LogP contribution in [0.3, 0.4) is 0 Å². The maximum Gasteiger partial charge on any atom is 0.225 e. The number of nitrogens with one attached hydrogen (secondary N) is 2. The van der Waals surface area contributed by atoms with E-state index in [1.807, 2.05) is 0 Å². The molecule has 1 aliphatic rings. The predicted molar refractivity (Wildman–Crippen MR) is 161 cm³/mol. The number of phenolic OH excluding ortho intramolecular Hbond substituents is 1. The SMILES string of the molecule is C#Cc1c(F)ccc2cc(O)cc(-c3ncc4c(N5CCCCC5)nc(N[C@H](CC(=O)NC)CC(C)C)nc4c3F)c12. The molecule has 2 aromatic heterocycles. The number of piperidine rings is 1. The van der Waals surface area contributed by atoms with E-state index in [0.717, 1.165) is 32.4 Å². The first-order valence-electron chi connectivity index (χ1n) is 14.2. The molecule has 1 aliphatic heterocycles. The highest BCUT2D eigenvalue weighted by Gasteiger charge is 2.25. The number of nitrogens with zero attached hydrogens (tertiary/aromatic N) is 4. The third-order valence-corrected chi connectivity index (χ3v) is 7.57. The second-order valence-electron chi connectivity index (χ2n) is 11.1. The molecule has 1 saturated heterocycles. The van der Waals surface area contributed by atoms with Gasteiger partial charge in [0.05, 0.1) is 10.9 Å². The van der Waals surface area contributed by atoms with Crippen LogP contribution in [-0.4, -0.2) is 52.1 Å². The van der Waals surface area contributed by atoms with Gasteiger partial charge in [0, 0.05) is 49.7 Å². The number of carbonyl (C=O) groups excluding carboxylic acids is 1. The van der Waals surface area contributed by atoms with Gasteiger partial charge in [0.25, 0.3) is 0 Å². The summed E-state index contributed by atoms with van der Waals surface area (Å²) >= 11 is 0. The normalized spacial score (nSPS) is 14.3. The molecule has 0 spiro atoms. The maximum absolute atomic E-state index is 16.6. The van der Waals surface area contributed by atoms with Gasteiger partial charge in [-0.25, -0.2) is 13.8 Å². The Bertz CT molecular complexity index is 1700. The Morgan fingerprint density at radius 1 is 1.17 bits per heavy atom. The number of amides is 1. The van der Waals surface area contributed by atoms with Crippen LogP contribution in [0.1, 0.15) is 51.5 Å². The highest BCUT2D eigenvalue weighted by molar-refractivity contribution is 6.03. The quantitative estimate of drug-likeness (QED) is 0.231. The summed E-state index contributed by atoms with van der Waals surface area (Å²) in [5.41, 5.74) is 0.00988. The lowest BCUT2D eigenvalue weighted by Gasteiger charge is -2.29. The summed E-state index contributed by atoms with van der Waals surface area (Å²) in [7, 11) is 1.59. The summed E-state index contributed by atoms with van der Waals surface area (Å²) in [6, 6.07) is 5.18. The average Bonchev–Trinajstić information content (AvgIpc) is 2.97. The largest absolute Gasteiger partial charge is 0.508 e. The molecule has 4 aromatic rings. The van der Waals surface area contributed by atoms with E-state index in [0.29, 0.717) is 23.0 Å². The Morgan fingerprint density at radius 3 is 2.62 bits per heavy atom. The van der Waals surface area contributed by atoms with E-state index in [2.05, 4.69) is 45.3 Å². The number of carbonyl (C=O) groups is 1. The maximum atomic E-state index is 16.6. The van der Waals surface area contributed by atoms with Gasteiger partial charge in [-0.3, -0.25) is 9.78 Å². The van der Waals surface area contributed by atoms with E-state index in [-0.39, 0.29) is 63.7 Å². The number of fused-ring (bicyclic) bond motifs is 2. The fourth-order valence-electron chi connectivity index (χ4n) is 5.66. The molecule has 42 heavy (non-hydrogen) atoms. The van der Waals surface area contributed by atoms with Gasteiger partial charge < -0.3 is 20.6 Å². The summed E-state index contributed by atoms with van der Waals surface area (Å²) in [5, 5.41) is 17.6. The average molecular weight is 573 g/mol. The Balaban J connectivity index is 1.72. The van der Waals surface area contributed by atoms with Gasteiger partial charge in [-0.1, -0.05) is 25.8 Å². The van der Waals surface area contributed by atoms with Crippen LogP contribution in [-0.2, 0) is 4.79 Å². The van der Waals surface area contributed by atoms with Crippen LogP contribution < -0.4 is 15.5 Å². The summed E-state index contributed by atoms with van der Waals surface area (Å²) in [6.07, 6.45) is 11.1. The second-order valence-corrected chi connectivity index (χ2v) is 11.1. The molecule has 8 nitrogen and oxygen atoms in total. The number of hydrogen-bond donors (Lipinski definition) is 3. The summed E-state index contributed by atoms with van der Waals surface area (Å²) in [4.78, 5) is 28.2. The third-order valence-electron chi connectivity index (χ3n) is 7.57. The number of pyridine rings is 1. The number of phenols is 1. The van der Waals surface area contributed by atoms with E-state index in [9.17, 15) is 14.3 Å². The first kappa shape index (κ1) is 29.0. The molecule has 0 aliphatic carbocycles. The monoisotopic (exact) mass is 572 g/mol. The molecule has 0 radical (unpaired) electrons. The van der Waals surface area contributed by atoms with E-state index < -0.39 is 11.6 Å². The topological polar surface area (TPSA) is 103 Å². The Kier molecular flexibility index (Phi) is 8.39. The minimum Gasteiger partial charge on any atom is -0.508 e. The van der Waals surface area contributed by atoms with Crippen molar-refractivity contribution >= 4 is 39.3 Å². The number of rotatable bonds is 8. The first-order chi connectivity index (χ1) is 20.2. The lowest BCUT2D eigenvalue weighted by atomic mass is 9.96. The van der Waals surface area contributed by atoms with Gasteiger partial charge in [-0.15, -0.1) is 6.42 Å². The van der Waals surface area contributed by atoms with Crippen LogP contribution in [0.5, 0.6) is 5.75 Å². The minimum atomic E-state index is -0.748. The van der Waals surface area contributed by atoms with Crippen LogP contribution in [0.25, 0.3) is 32.9 Å². The summed E-state index contributed by atoms with van der Waals surface area (Å²) in [5.74, 6) is 1.75. The van der Waals surface area contributed by atoms with Gasteiger partial charge in [-0.2, -0.15) is 4.98 Å². The highest BCUT2D eigenvalue weighted by atomic mass is 19.1. The van der Waals surface area contributed by atoms with Crippen LogP contribution in [0.4, 0.5) is 20.5 Å². The number of halogens is 2. The van der Waals surface area contributed by atoms with Gasteiger partial charge in [0.15, 0.2) is 5.82 Å². The minimum absolute atomic E-state index is 0.0245. The van der Waals surface area contributed by atoms with Crippen LogP contribution >= 0.6 is 0 Å². The van der Waals surface area contributed by atoms with Crippen molar-refractivity contribution in [3.8, 4) is 29.4 Å². The molecule has 5 rings (SSSR count). The molecular formula is C32H34F2N6O2. The molecule has 1 atom stereocenters. The van der Waals surface area contributed by atoms with Crippen molar-refractivity contribution in [3.63, 3.8) is 0 Å². The van der Waals surface area contributed by atoms with Crippen molar-refractivity contribution in [1.29, 1.82) is 0 Å². The van der Waals surface area contributed by atoms with E-state index in [1.165, 1.54) is 30.5 Å². The van der Waals surface area contributed by atoms with Gasteiger partial charge in [0.2, 0.25) is 11.9 Å². The van der Waals surface area contributed by atoms with Gasteiger partial charge in [0.1, 0.15) is 28.6 Å². The van der Waals surface area contributed by atoms with E-state index in [4.69, 9.17) is 11.4 Å². The highest BCUT2D eigenvalue weighted by Crippen LogP contribution is 2.38. The predicted octanol–water partition coefficient (Wildman–Crippen LogP) is 5.76. The summed E-state index contributed by atoms with van der Waals surface area (Å²) in [6.45, 7) is 5.63. The molecule has 0 unspecified atom stereocenters. The molecule has 10 heteroatoms. The zero-order valence-corrected chi connectivity index (χ0v) is 24.0. The van der Waals surface area contributed by atoms with E-state index in [1.54, 1.807) is 7.05 Å². The molecule has 1 amide bonds. The molecule has 218 valence electrons. The Labute approximate surface area is 243 Å². The number of hydrogen-bond acceptors (Lipinski definition) is 7. The lowest BCUT2D eigenvalue weighted by Crippen LogP contribution is -2.32. The number of aromatic nitrogens is 3. The standard InChI is InChI=1S/C32H34F2N6O2/c1-5-22-25(33)10-9-19-14-21(41)16-23(27(19)22)29-28(34)30-24(17-36-29)31(40-11-7-6-8-12-40)39-32(38-30)37-20(13-18(2)3)15-26(42)35-4/h1,9-10,14,16-18,20,41H,6-8,11-13,15H2,2-4H3,(H,35,42)(H,37,38,39)/t20-/m0/s1. The van der Waals surface area contributed by atoms with Crippen molar-refractivity contribution in [3.05, 3.63) is 47.7 Å². The summed E-state index contributed by atoms with van der Waals surface area (Å²) < 4.78 is 31.3. The number of aromatic hydroxyl groups is 1. The van der Waals surface area contributed by atoms with Crippen molar-refractivity contribution in [2.75, 3.05) is 30.4 Å². The van der Waals surface area contributed by atoms with E-state index >= 15 is 4.39 Å². The molecule has 2 aromatic carbocycles. The van der Waals surface area contributed by atoms with Crippen LogP contribution in [0, 0.1) is 29.9 Å². The Morgan fingerprint density at radius 2 is 1.93 bits per heavy atom. The second kappa shape index (κ2) is 12.1. The zero-order chi connectivity index (χ0) is 30.0. The molecule has 0 bridgehead atoms. The number of benzene rings is 2. The van der Waals surface area contributed by atoms with Crippen molar-refractivity contribution in [1.82, 2.24) is 20.3 Å². The molecule has 3 heterocycles. The fourth-order valence-corrected chi connectivity index (χ4v) is 5.66. The number of anilines is 2. The lowest BCUT2D eigenvalue weighted by molar-refractivity contribution is -0.120. The fraction of sp³-hybridized carbons (Fsp3) is 0.375. The Hall–Kier alpha value is -4.52. The van der Waals surface area contributed by atoms with Crippen molar-refractivity contribution in [2.24, 2.45) is 5.92 Å². The molecule has 3 N–H and O–H groups in total. The van der Waals surface area contributed by atoms with Crippen LogP contribution in [0.2, 0.25) is 0 Å². The van der Waals surface area contributed by atoms with Crippen molar-refractivity contribution in [2.45, 2.75) is 52.0 Å². The van der Waals surface area contributed by atoms with Gasteiger partial charge in [-0.05, 0) is 55.2 Å². The smallest absolute Gasteiger partial charge is 0.225 e. The zero-order valence-electron chi connectivity index (χ0n) is 24.0.